The number of carbonyl (C=O) groups excluding carboxylic acids is 1. The predicted octanol–water partition coefficient (Wildman–Crippen LogP) is 3.75. The number of nitrogens with zero attached hydrogens (tertiary/aromatic N) is 2. The van der Waals surface area contributed by atoms with E-state index in [4.69, 9.17) is 4.74 Å². The Kier molecular flexibility index (Phi) is 5.45. The van der Waals surface area contributed by atoms with Crippen molar-refractivity contribution in [2.75, 3.05) is 6.61 Å². The molecule has 148 valence electrons. The third-order valence-corrected chi connectivity index (χ3v) is 4.35. The zero-order valence-electron chi connectivity index (χ0n) is 15.8. The average Bonchev–Trinajstić information content (AvgIpc) is 2.68. The van der Waals surface area contributed by atoms with Crippen molar-refractivity contribution in [2.24, 2.45) is 0 Å². The van der Waals surface area contributed by atoms with Crippen molar-refractivity contribution in [3.63, 3.8) is 0 Å². The minimum Gasteiger partial charge on any atom is -0.512 e. The maximum absolute atomic E-state index is 13.2. The molecule has 0 bridgehead atoms. The maximum atomic E-state index is 13.2. The van der Waals surface area contributed by atoms with Crippen molar-refractivity contribution in [2.45, 2.75) is 13.8 Å². The molecular weight excluding hydrogens is 376 g/mol. The molecule has 3 rings (SSSR count). The largest absolute Gasteiger partial charge is 0.512 e. The second-order valence-corrected chi connectivity index (χ2v) is 6.15. The fourth-order valence-electron chi connectivity index (χ4n) is 3.22. The second-order valence-electron chi connectivity index (χ2n) is 6.15. The monoisotopic (exact) mass is 394 g/mol. The molecule has 2 aromatic carbocycles. The lowest BCUT2D eigenvalue weighted by Gasteiger charge is -2.16. The van der Waals surface area contributed by atoms with Crippen LogP contribution in [-0.4, -0.2) is 27.2 Å². The number of carbonyl (C=O) groups is 1. The van der Waals surface area contributed by atoms with Gasteiger partial charge in [0.05, 0.1) is 22.6 Å². The summed E-state index contributed by atoms with van der Waals surface area (Å²) in [7, 11) is 0. The lowest BCUT2D eigenvalue weighted by molar-refractivity contribution is -0.386. The third-order valence-electron chi connectivity index (χ3n) is 4.35. The standard InChI is InChI=1S/C21H18N2O6/c1-3-29-21(26)17(13(2)24)18-15-11-7-8-12-16(15)22(14-9-5-4-6-10-14)20(25)19(18)23(27)28/h4-12,24H,3H2,1-2H3/b17-13-. The summed E-state index contributed by atoms with van der Waals surface area (Å²) in [5.74, 6) is -1.42. The molecule has 0 fully saturated rings. The Bertz CT molecular complexity index is 1190. The van der Waals surface area contributed by atoms with Crippen LogP contribution in [0.5, 0.6) is 0 Å². The Balaban J connectivity index is 2.55. The summed E-state index contributed by atoms with van der Waals surface area (Å²) >= 11 is 0. The number of fused-ring (bicyclic) bond motifs is 1. The first-order valence-electron chi connectivity index (χ1n) is 8.83. The number of ether oxygens (including phenoxy) is 1. The van der Waals surface area contributed by atoms with Crippen molar-refractivity contribution in [3.8, 4) is 5.69 Å². The van der Waals surface area contributed by atoms with Gasteiger partial charge in [-0.1, -0.05) is 36.4 Å². The molecule has 0 amide bonds. The van der Waals surface area contributed by atoms with Gasteiger partial charge in [-0.25, -0.2) is 4.79 Å². The van der Waals surface area contributed by atoms with Gasteiger partial charge >= 0.3 is 17.2 Å². The molecule has 1 heterocycles. The van der Waals surface area contributed by atoms with Gasteiger partial charge in [-0.05, 0) is 32.0 Å². The summed E-state index contributed by atoms with van der Waals surface area (Å²) in [5.41, 5.74) is -1.62. The van der Waals surface area contributed by atoms with E-state index >= 15 is 0 Å². The smallest absolute Gasteiger partial charge is 0.343 e. The molecule has 8 heteroatoms. The highest BCUT2D eigenvalue weighted by molar-refractivity contribution is 6.22. The third kappa shape index (κ3) is 3.47. The highest BCUT2D eigenvalue weighted by atomic mass is 16.6. The number of nitro groups is 1. The summed E-state index contributed by atoms with van der Waals surface area (Å²) in [4.78, 5) is 36.8. The second kappa shape index (κ2) is 7.97. The SMILES string of the molecule is CCOC(=O)/C(=C(/C)O)c1c([N+](=O)[O-])c(=O)n(-c2ccccc2)c2ccccc12. The zero-order valence-corrected chi connectivity index (χ0v) is 15.8. The number of hydrogen-bond donors (Lipinski definition) is 1. The van der Waals surface area contributed by atoms with Gasteiger partial charge < -0.3 is 9.84 Å². The Morgan fingerprint density at radius 3 is 2.34 bits per heavy atom. The molecule has 0 radical (unpaired) electrons. The van der Waals surface area contributed by atoms with Gasteiger partial charge in [0, 0.05) is 11.1 Å². The van der Waals surface area contributed by atoms with E-state index in [-0.39, 0.29) is 17.6 Å². The van der Waals surface area contributed by atoms with Crippen LogP contribution < -0.4 is 5.56 Å². The molecule has 0 saturated heterocycles. The number of aliphatic hydroxyl groups is 1. The summed E-state index contributed by atoms with van der Waals surface area (Å²) in [6, 6.07) is 15.0. The van der Waals surface area contributed by atoms with Gasteiger partial charge in [0.25, 0.3) is 0 Å². The summed E-state index contributed by atoms with van der Waals surface area (Å²) in [6.45, 7) is 2.79. The van der Waals surface area contributed by atoms with E-state index in [1.54, 1.807) is 61.5 Å². The molecule has 0 unspecified atom stereocenters. The summed E-state index contributed by atoms with van der Waals surface area (Å²) < 4.78 is 6.18. The van der Waals surface area contributed by atoms with E-state index in [1.165, 1.54) is 11.5 Å². The lowest BCUT2D eigenvalue weighted by Crippen LogP contribution is -2.25. The van der Waals surface area contributed by atoms with Crippen molar-refractivity contribution >= 4 is 28.1 Å². The van der Waals surface area contributed by atoms with Gasteiger partial charge in [0.2, 0.25) is 0 Å². The topological polar surface area (TPSA) is 112 Å². The molecule has 0 saturated carbocycles. The van der Waals surface area contributed by atoms with Crippen molar-refractivity contribution in [3.05, 3.63) is 86.4 Å². The van der Waals surface area contributed by atoms with Gasteiger partial charge in [-0.15, -0.1) is 0 Å². The quantitative estimate of drug-likeness (QED) is 0.232. The minimum absolute atomic E-state index is 0.00241. The highest BCUT2D eigenvalue weighted by Gasteiger charge is 2.33. The molecule has 29 heavy (non-hydrogen) atoms. The van der Waals surface area contributed by atoms with Crippen LogP contribution >= 0.6 is 0 Å². The first-order valence-corrected chi connectivity index (χ1v) is 8.83. The molecule has 0 aliphatic carbocycles. The van der Waals surface area contributed by atoms with Gasteiger partial charge in [0.15, 0.2) is 0 Å². The Hall–Kier alpha value is -3.94. The van der Waals surface area contributed by atoms with Crippen LogP contribution in [0, 0.1) is 10.1 Å². The predicted molar refractivity (Wildman–Crippen MR) is 108 cm³/mol. The van der Waals surface area contributed by atoms with E-state index in [0.717, 1.165) is 0 Å². The van der Waals surface area contributed by atoms with E-state index in [1.807, 2.05) is 0 Å². The average molecular weight is 394 g/mol. The van der Waals surface area contributed by atoms with Crippen LogP contribution in [0.15, 0.2) is 65.2 Å². The normalized spacial score (nSPS) is 11.8. The lowest BCUT2D eigenvalue weighted by atomic mass is 9.97. The van der Waals surface area contributed by atoms with E-state index in [9.17, 15) is 24.8 Å². The van der Waals surface area contributed by atoms with Crippen LogP contribution in [0.1, 0.15) is 19.4 Å². The van der Waals surface area contributed by atoms with Crippen LogP contribution in [-0.2, 0) is 9.53 Å². The van der Waals surface area contributed by atoms with Crippen LogP contribution in [0.2, 0.25) is 0 Å². The Morgan fingerprint density at radius 1 is 1.14 bits per heavy atom. The summed E-state index contributed by atoms with van der Waals surface area (Å²) in [6.07, 6.45) is 0. The van der Waals surface area contributed by atoms with Crippen LogP contribution in [0.3, 0.4) is 0 Å². The molecule has 3 aromatic rings. The first-order chi connectivity index (χ1) is 13.9. The number of aliphatic hydroxyl groups excluding tert-OH is 1. The van der Waals surface area contributed by atoms with Crippen LogP contribution in [0.4, 0.5) is 5.69 Å². The van der Waals surface area contributed by atoms with Gasteiger partial charge in [-0.2, -0.15) is 0 Å². The number of hydrogen-bond acceptors (Lipinski definition) is 6. The highest BCUT2D eigenvalue weighted by Crippen LogP contribution is 2.34. The van der Waals surface area contributed by atoms with Crippen molar-refractivity contribution in [1.82, 2.24) is 4.57 Å². The van der Waals surface area contributed by atoms with E-state index < -0.39 is 33.5 Å². The number of rotatable bonds is 5. The van der Waals surface area contributed by atoms with Crippen LogP contribution in [0.25, 0.3) is 22.2 Å². The summed E-state index contributed by atoms with van der Waals surface area (Å²) in [5, 5.41) is 22.3. The molecule has 1 aromatic heterocycles. The number of esters is 1. The van der Waals surface area contributed by atoms with Gasteiger partial charge in [-0.3, -0.25) is 19.5 Å². The molecule has 0 aliphatic heterocycles. The number of aromatic nitrogens is 1. The number of allylic oxidation sites excluding steroid dienone is 1. The van der Waals surface area contributed by atoms with E-state index in [2.05, 4.69) is 0 Å². The number of benzene rings is 2. The van der Waals surface area contributed by atoms with E-state index in [0.29, 0.717) is 11.2 Å². The zero-order chi connectivity index (χ0) is 21.1. The minimum atomic E-state index is -0.947. The Morgan fingerprint density at radius 2 is 1.76 bits per heavy atom. The number of pyridine rings is 1. The van der Waals surface area contributed by atoms with Crippen molar-refractivity contribution < 1.29 is 19.6 Å². The van der Waals surface area contributed by atoms with Crippen molar-refractivity contribution in [1.29, 1.82) is 0 Å². The maximum Gasteiger partial charge on any atom is 0.343 e. The molecule has 0 spiro atoms. The fraction of sp³-hybridized carbons (Fsp3) is 0.143. The van der Waals surface area contributed by atoms with Gasteiger partial charge in [0.1, 0.15) is 11.3 Å². The fourth-order valence-corrected chi connectivity index (χ4v) is 3.22. The molecule has 1 N–H and O–H groups in total. The number of para-hydroxylation sites is 2. The first kappa shape index (κ1) is 19.8. The molecule has 0 aliphatic rings. The Labute approximate surface area is 165 Å². The molecule has 8 nitrogen and oxygen atoms in total. The molecule has 0 atom stereocenters. The molecular formula is C21H18N2O6.